The number of hydrogen-bond donors (Lipinski definition) is 2. The van der Waals surface area contributed by atoms with Crippen LogP contribution >= 0.6 is 0 Å². The Labute approximate surface area is 280 Å². The summed E-state index contributed by atoms with van der Waals surface area (Å²) in [5, 5.41) is 16.5. The summed E-state index contributed by atoms with van der Waals surface area (Å²) in [6, 6.07) is 9.31. The zero-order valence-corrected chi connectivity index (χ0v) is 27.6. The van der Waals surface area contributed by atoms with Crippen molar-refractivity contribution >= 4 is 27.5 Å². The quantitative estimate of drug-likeness (QED) is 0.247. The van der Waals surface area contributed by atoms with E-state index in [2.05, 4.69) is 28.0 Å². The van der Waals surface area contributed by atoms with Gasteiger partial charge in [-0.2, -0.15) is 9.97 Å². The van der Waals surface area contributed by atoms with Gasteiger partial charge in [0, 0.05) is 60.7 Å². The largest absolute Gasteiger partial charge is 0.508 e. The van der Waals surface area contributed by atoms with Crippen LogP contribution < -0.4 is 19.7 Å². The molecule has 1 aliphatic carbocycles. The molecule has 0 bridgehead atoms. The lowest BCUT2D eigenvalue weighted by Crippen LogP contribution is -2.58. The summed E-state index contributed by atoms with van der Waals surface area (Å²) < 4.78 is 35.8. The molecular formula is C38H42FN5O4. The van der Waals surface area contributed by atoms with E-state index in [1.807, 2.05) is 25.1 Å². The lowest BCUT2D eigenvalue weighted by molar-refractivity contribution is 0.0231. The van der Waals surface area contributed by atoms with Crippen LogP contribution in [0.5, 0.6) is 17.5 Å². The number of phenols is 1. The number of piperazine rings is 1. The first kappa shape index (κ1) is 31.1. The molecule has 9 nitrogen and oxygen atoms in total. The second-order valence-corrected chi connectivity index (χ2v) is 13.8. The van der Waals surface area contributed by atoms with E-state index >= 15 is 4.39 Å². The van der Waals surface area contributed by atoms with Gasteiger partial charge in [-0.05, 0) is 60.4 Å². The number of morpholine rings is 1. The Bertz CT molecular complexity index is 1930. The van der Waals surface area contributed by atoms with E-state index in [-0.39, 0.29) is 35.6 Å². The van der Waals surface area contributed by atoms with Crippen LogP contribution in [0.25, 0.3) is 32.8 Å². The molecule has 0 spiro atoms. The number of terminal acetylenes is 1. The summed E-state index contributed by atoms with van der Waals surface area (Å²) >= 11 is 0. The Morgan fingerprint density at radius 2 is 2.00 bits per heavy atom. The third kappa shape index (κ3) is 5.38. The monoisotopic (exact) mass is 651 g/mol. The van der Waals surface area contributed by atoms with Crippen LogP contribution in [0.1, 0.15) is 44.2 Å². The summed E-state index contributed by atoms with van der Waals surface area (Å²) in [5.41, 5.74) is 2.81. The lowest BCUT2D eigenvalue weighted by atomic mass is 9.88. The van der Waals surface area contributed by atoms with E-state index in [9.17, 15) is 5.11 Å². The first-order chi connectivity index (χ1) is 23.4. The number of aromatic nitrogens is 2. The van der Waals surface area contributed by atoms with Gasteiger partial charge in [0.1, 0.15) is 18.2 Å². The number of hydrogen-bond acceptors (Lipinski definition) is 9. The van der Waals surface area contributed by atoms with Crippen LogP contribution in [-0.2, 0) is 11.2 Å². The van der Waals surface area contributed by atoms with E-state index < -0.39 is 5.82 Å². The number of rotatable bonds is 8. The molecule has 1 aromatic heterocycles. The van der Waals surface area contributed by atoms with Gasteiger partial charge in [0.2, 0.25) is 0 Å². The number of nitrogens with one attached hydrogen (secondary N) is 1. The van der Waals surface area contributed by atoms with Gasteiger partial charge in [-0.25, -0.2) is 4.39 Å². The van der Waals surface area contributed by atoms with Gasteiger partial charge in [0.25, 0.3) is 0 Å². The molecule has 2 atom stereocenters. The maximum atomic E-state index is 17.3. The number of phenolic OH excluding ortho intramolecular Hbond substituents is 1. The fourth-order valence-electron chi connectivity index (χ4n) is 7.79. The minimum atomic E-state index is -0.501. The van der Waals surface area contributed by atoms with Crippen molar-refractivity contribution in [2.24, 2.45) is 5.41 Å². The maximum absolute atomic E-state index is 17.3. The predicted octanol–water partition coefficient (Wildman–Crippen LogP) is 5.28. The third-order valence-electron chi connectivity index (χ3n) is 10.7. The number of halogens is 1. The van der Waals surface area contributed by atoms with E-state index in [0.717, 1.165) is 57.5 Å². The predicted molar refractivity (Wildman–Crippen MR) is 185 cm³/mol. The smallest absolute Gasteiger partial charge is 0.318 e. The summed E-state index contributed by atoms with van der Waals surface area (Å²) in [7, 11) is 0. The number of ether oxygens (including phenoxy) is 3. The van der Waals surface area contributed by atoms with Gasteiger partial charge in [-0.1, -0.05) is 31.9 Å². The normalized spacial score (nSPS) is 21.8. The number of fused-ring (bicyclic) bond motifs is 3. The number of anilines is 1. The highest BCUT2D eigenvalue weighted by Gasteiger charge is 2.45. The molecule has 8 rings (SSSR count). The summed E-state index contributed by atoms with van der Waals surface area (Å²) in [5.74, 6) is 3.06. The zero-order valence-electron chi connectivity index (χ0n) is 27.6. The van der Waals surface area contributed by atoms with Crippen molar-refractivity contribution < 1.29 is 23.7 Å². The molecule has 2 N–H and O–H groups in total. The van der Waals surface area contributed by atoms with Gasteiger partial charge >= 0.3 is 6.01 Å². The molecular weight excluding hydrogens is 609 g/mol. The van der Waals surface area contributed by atoms with E-state index in [1.54, 1.807) is 12.1 Å². The molecule has 3 aromatic carbocycles. The molecule has 0 radical (unpaired) electrons. The van der Waals surface area contributed by atoms with Crippen molar-refractivity contribution in [3.05, 3.63) is 47.3 Å². The van der Waals surface area contributed by atoms with Crippen LogP contribution in [0.3, 0.4) is 0 Å². The molecule has 3 fully saturated rings. The first-order valence-electron chi connectivity index (χ1n) is 17.3. The van der Waals surface area contributed by atoms with Crippen LogP contribution in [0.4, 0.5) is 10.2 Å². The van der Waals surface area contributed by atoms with Crippen molar-refractivity contribution in [1.29, 1.82) is 0 Å². The Morgan fingerprint density at radius 1 is 1.17 bits per heavy atom. The minimum absolute atomic E-state index is 0.0243. The maximum Gasteiger partial charge on any atom is 0.318 e. The molecule has 10 heteroatoms. The average Bonchev–Trinajstić information content (AvgIpc) is 3.90. The molecule has 2 saturated heterocycles. The fourth-order valence-corrected chi connectivity index (χ4v) is 7.79. The Kier molecular flexibility index (Phi) is 8.02. The van der Waals surface area contributed by atoms with Crippen molar-refractivity contribution in [3.8, 4) is 41.0 Å². The second-order valence-electron chi connectivity index (χ2n) is 13.8. The van der Waals surface area contributed by atoms with Gasteiger partial charge < -0.3 is 29.5 Å². The average molecular weight is 652 g/mol. The molecule has 0 amide bonds. The number of benzene rings is 3. The Morgan fingerprint density at radius 3 is 2.75 bits per heavy atom. The van der Waals surface area contributed by atoms with Crippen LogP contribution in [0, 0.1) is 23.6 Å². The van der Waals surface area contributed by atoms with Crippen molar-refractivity contribution in [3.63, 3.8) is 0 Å². The lowest BCUT2D eigenvalue weighted by Gasteiger charge is -2.39. The SMILES string of the molecule is C#Cc1cccc2cc(O)cc(-c3c(F)c4c5c(nc(OCC6(CN7CCOCC7)CC6)nc5c3CC)N3C[C@@H](CC)NC[C@H]3CO4)c12. The minimum Gasteiger partial charge on any atom is -0.508 e. The number of nitrogens with zero attached hydrogens (tertiary/aromatic N) is 4. The molecule has 4 aliphatic rings. The van der Waals surface area contributed by atoms with Gasteiger partial charge in [0.15, 0.2) is 11.6 Å². The standard InChI is InChI=1S/C38H42FN5O4/c1-4-23-8-7-9-24-16-27(45)17-29(30(23)24)31-28(6-3)34-32-35(33(31)39)47-20-26-18-40-25(5-2)19-44(26)36(32)42-37(41-34)48-22-38(10-11-38)21-43-12-14-46-15-13-43/h1,7-9,16-17,25-26,40,45H,5-6,10-15,18-22H2,2-3H3/t25-,26+/m1/s1. The Balaban J connectivity index is 1.31. The first-order valence-corrected chi connectivity index (χ1v) is 17.3. The highest BCUT2D eigenvalue weighted by atomic mass is 19.1. The summed E-state index contributed by atoms with van der Waals surface area (Å²) in [6.07, 6.45) is 9.57. The molecule has 1 saturated carbocycles. The van der Waals surface area contributed by atoms with Crippen LogP contribution in [-0.4, -0.2) is 91.2 Å². The third-order valence-corrected chi connectivity index (χ3v) is 10.7. The molecule has 4 aromatic rings. The topological polar surface area (TPSA) is 92.2 Å². The van der Waals surface area contributed by atoms with Crippen molar-refractivity contribution in [2.75, 3.05) is 64.1 Å². The van der Waals surface area contributed by atoms with Gasteiger partial charge in [-0.15, -0.1) is 6.42 Å². The molecule has 48 heavy (non-hydrogen) atoms. The zero-order chi connectivity index (χ0) is 33.0. The van der Waals surface area contributed by atoms with Crippen LogP contribution in [0.15, 0.2) is 30.3 Å². The highest BCUT2D eigenvalue weighted by Crippen LogP contribution is 2.49. The summed E-state index contributed by atoms with van der Waals surface area (Å²) in [4.78, 5) is 14.8. The van der Waals surface area contributed by atoms with E-state index in [1.165, 1.54) is 0 Å². The highest BCUT2D eigenvalue weighted by molar-refractivity contribution is 6.07. The molecule has 4 heterocycles. The van der Waals surface area contributed by atoms with Crippen molar-refractivity contribution in [2.45, 2.75) is 51.6 Å². The molecule has 250 valence electrons. The fraction of sp³-hybridized carbons (Fsp3) is 0.474. The van der Waals surface area contributed by atoms with Gasteiger partial charge in [0.05, 0.1) is 36.8 Å². The van der Waals surface area contributed by atoms with Crippen LogP contribution in [0.2, 0.25) is 0 Å². The van der Waals surface area contributed by atoms with E-state index in [0.29, 0.717) is 76.5 Å². The Hall–Kier alpha value is -4.17. The van der Waals surface area contributed by atoms with Gasteiger partial charge in [-0.3, -0.25) is 4.90 Å². The summed E-state index contributed by atoms with van der Waals surface area (Å²) in [6.45, 7) is 10.7. The number of aryl methyl sites for hydroxylation is 1. The van der Waals surface area contributed by atoms with Crippen molar-refractivity contribution in [1.82, 2.24) is 20.2 Å². The van der Waals surface area contributed by atoms with E-state index in [4.69, 9.17) is 30.6 Å². The molecule has 3 aliphatic heterocycles. The second kappa shape index (κ2) is 12.4. The number of aromatic hydroxyl groups is 1. The molecule has 0 unspecified atom stereocenters.